The molecule has 2 aromatic carbocycles. The standard InChI is InChI=1S/C22H23ClN4O2S/c1-13(2)21(29)25-17-8-6-16(7-9-17)20(28)15(4)30-22-26-24-12-27(22)18-10-5-14(3)19(23)11-18/h5-13,15H,1-4H3,(H,25,29). The number of aromatic nitrogens is 3. The first-order valence-electron chi connectivity index (χ1n) is 9.54. The van der Waals surface area contributed by atoms with E-state index < -0.39 is 0 Å². The van der Waals surface area contributed by atoms with Crippen molar-refractivity contribution in [2.24, 2.45) is 5.92 Å². The fraction of sp³-hybridized carbons (Fsp3) is 0.273. The predicted octanol–water partition coefficient (Wildman–Crippen LogP) is 5.19. The summed E-state index contributed by atoms with van der Waals surface area (Å²) in [6.07, 6.45) is 1.60. The normalized spacial score (nSPS) is 12.1. The first-order valence-corrected chi connectivity index (χ1v) is 10.8. The van der Waals surface area contributed by atoms with Gasteiger partial charge in [-0.25, -0.2) is 0 Å². The van der Waals surface area contributed by atoms with Crippen LogP contribution in [-0.4, -0.2) is 31.7 Å². The molecule has 0 saturated carbocycles. The fourth-order valence-electron chi connectivity index (χ4n) is 2.66. The summed E-state index contributed by atoms with van der Waals surface area (Å²) in [5.41, 5.74) is 3.06. The van der Waals surface area contributed by atoms with E-state index in [1.54, 1.807) is 30.6 Å². The minimum absolute atomic E-state index is 0.0294. The topological polar surface area (TPSA) is 76.9 Å². The number of amides is 1. The first kappa shape index (κ1) is 22.1. The molecule has 156 valence electrons. The maximum absolute atomic E-state index is 12.9. The summed E-state index contributed by atoms with van der Waals surface area (Å²) in [6.45, 7) is 7.43. The third-order valence-corrected chi connectivity index (χ3v) is 6.03. The molecule has 0 aliphatic rings. The van der Waals surface area contributed by atoms with E-state index in [2.05, 4.69) is 15.5 Å². The average molecular weight is 443 g/mol. The smallest absolute Gasteiger partial charge is 0.226 e. The molecule has 1 aromatic heterocycles. The number of nitrogens with one attached hydrogen (secondary N) is 1. The van der Waals surface area contributed by atoms with Gasteiger partial charge < -0.3 is 5.32 Å². The lowest BCUT2D eigenvalue weighted by Gasteiger charge is -2.13. The molecule has 0 aliphatic carbocycles. The van der Waals surface area contributed by atoms with E-state index >= 15 is 0 Å². The molecule has 1 heterocycles. The van der Waals surface area contributed by atoms with Gasteiger partial charge in [0.25, 0.3) is 0 Å². The Morgan fingerprint density at radius 3 is 2.43 bits per heavy atom. The summed E-state index contributed by atoms with van der Waals surface area (Å²) in [4.78, 5) is 24.7. The van der Waals surface area contributed by atoms with Gasteiger partial charge in [0.15, 0.2) is 10.9 Å². The summed E-state index contributed by atoms with van der Waals surface area (Å²) in [7, 11) is 0. The molecule has 0 bridgehead atoms. The number of thioether (sulfide) groups is 1. The Kier molecular flexibility index (Phi) is 6.95. The molecule has 0 saturated heterocycles. The molecule has 3 aromatic rings. The minimum Gasteiger partial charge on any atom is -0.326 e. The predicted molar refractivity (Wildman–Crippen MR) is 121 cm³/mol. The Labute approximate surface area is 185 Å². The van der Waals surface area contributed by atoms with Gasteiger partial charge in [-0.2, -0.15) is 0 Å². The second-order valence-corrected chi connectivity index (χ2v) is 8.98. The van der Waals surface area contributed by atoms with Crippen molar-refractivity contribution < 1.29 is 9.59 Å². The fourth-order valence-corrected chi connectivity index (χ4v) is 3.76. The summed E-state index contributed by atoms with van der Waals surface area (Å²) in [6, 6.07) is 12.6. The van der Waals surface area contributed by atoms with Gasteiger partial charge in [-0.3, -0.25) is 14.2 Å². The van der Waals surface area contributed by atoms with Gasteiger partial charge in [-0.05, 0) is 55.8 Å². The Bertz CT molecular complexity index is 1060. The molecule has 8 heteroatoms. The Morgan fingerprint density at radius 2 is 1.80 bits per heavy atom. The number of anilines is 1. The number of aryl methyl sites for hydroxylation is 1. The summed E-state index contributed by atoms with van der Waals surface area (Å²) >= 11 is 7.57. The molecule has 1 unspecified atom stereocenters. The number of ketones is 1. The van der Waals surface area contributed by atoms with Gasteiger partial charge in [0.2, 0.25) is 5.91 Å². The third kappa shape index (κ3) is 5.09. The number of Topliss-reactive ketones (excluding diaryl/α,β-unsaturated/α-hetero) is 1. The van der Waals surface area contributed by atoms with Crippen molar-refractivity contribution in [2.45, 2.75) is 38.1 Å². The highest BCUT2D eigenvalue weighted by molar-refractivity contribution is 8.00. The van der Waals surface area contributed by atoms with Gasteiger partial charge in [0.05, 0.1) is 10.9 Å². The van der Waals surface area contributed by atoms with E-state index in [1.807, 2.05) is 50.5 Å². The largest absolute Gasteiger partial charge is 0.326 e. The number of hydrogen-bond donors (Lipinski definition) is 1. The number of benzene rings is 2. The Morgan fingerprint density at radius 1 is 1.10 bits per heavy atom. The number of rotatable bonds is 7. The van der Waals surface area contributed by atoms with Crippen LogP contribution in [0.1, 0.15) is 36.7 Å². The van der Waals surface area contributed by atoms with Crippen molar-refractivity contribution in [1.82, 2.24) is 14.8 Å². The van der Waals surface area contributed by atoms with Gasteiger partial charge in [0.1, 0.15) is 6.33 Å². The maximum atomic E-state index is 12.9. The van der Waals surface area contributed by atoms with E-state index in [4.69, 9.17) is 11.6 Å². The molecule has 0 fully saturated rings. The van der Waals surface area contributed by atoms with Crippen LogP contribution in [-0.2, 0) is 4.79 Å². The van der Waals surface area contributed by atoms with E-state index in [0.717, 1.165) is 11.3 Å². The molecule has 0 spiro atoms. The molecular formula is C22H23ClN4O2S. The lowest BCUT2D eigenvalue weighted by molar-refractivity contribution is -0.118. The van der Waals surface area contributed by atoms with Crippen molar-refractivity contribution in [3.05, 3.63) is 64.9 Å². The number of halogens is 1. The second kappa shape index (κ2) is 9.45. The van der Waals surface area contributed by atoms with Crippen LogP contribution in [0.3, 0.4) is 0 Å². The highest BCUT2D eigenvalue weighted by Crippen LogP contribution is 2.28. The van der Waals surface area contributed by atoms with Gasteiger partial charge >= 0.3 is 0 Å². The number of nitrogens with zero attached hydrogens (tertiary/aromatic N) is 3. The average Bonchev–Trinajstić information content (AvgIpc) is 3.18. The van der Waals surface area contributed by atoms with Crippen LogP contribution in [0.4, 0.5) is 5.69 Å². The van der Waals surface area contributed by atoms with Crippen LogP contribution in [0.25, 0.3) is 5.69 Å². The molecule has 1 N–H and O–H groups in total. The second-order valence-electron chi connectivity index (χ2n) is 7.26. The van der Waals surface area contributed by atoms with Gasteiger partial charge in [-0.15, -0.1) is 10.2 Å². The minimum atomic E-state index is -0.370. The Hall–Kier alpha value is -2.64. The van der Waals surface area contributed by atoms with E-state index in [0.29, 0.717) is 21.4 Å². The van der Waals surface area contributed by atoms with Crippen LogP contribution >= 0.6 is 23.4 Å². The Balaban J connectivity index is 1.71. The SMILES string of the molecule is Cc1ccc(-n2cnnc2SC(C)C(=O)c2ccc(NC(=O)C(C)C)cc2)cc1Cl. The monoisotopic (exact) mass is 442 g/mol. The first-order chi connectivity index (χ1) is 14.3. The highest BCUT2D eigenvalue weighted by Gasteiger charge is 2.20. The van der Waals surface area contributed by atoms with Crippen LogP contribution in [0.5, 0.6) is 0 Å². The zero-order valence-electron chi connectivity index (χ0n) is 17.2. The van der Waals surface area contributed by atoms with Crippen molar-refractivity contribution >= 4 is 40.7 Å². The zero-order valence-corrected chi connectivity index (χ0v) is 18.8. The molecule has 30 heavy (non-hydrogen) atoms. The molecular weight excluding hydrogens is 420 g/mol. The third-order valence-electron chi connectivity index (χ3n) is 4.56. The number of carbonyl (C=O) groups excluding carboxylic acids is 2. The molecule has 1 atom stereocenters. The van der Waals surface area contributed by atoms with Gasteiger partial charge in [0, 0.05) is 22.2 Å². The summed E-state index contributed by atoms with van der Waals surface area (Å²) in [5, 5.41) is 11.9. The van der Waals surface area contributed by atoms with Crippen LogP contribution < -0.4 is 5.32 Å². The van der Waals surface area contributed by atoms with Crippen LogP contribution in [0, 0.1) is 12.8 Å². The highest BCUT2D eigenvalue weighted by atomic mass is 35.5. The van der Waals surface area contributed by atoms with E-state index in [1.165, 1.54) is 11.8 Å². The van der Waals surface area contributed by atoms with Crippen LogP contribution in [0.2, 0.25) is 5.02 Å². The van der Waals surface area contributed by atoms with Crippen molar-refractivity contribution in [3.63, 3.8) is 0 Å². The molecule has 0 aliphatic heterocycles. The van der Waals surface area contributed by atoms with Gasteiger partial charge in [-0.1, -0.05) is 43.3 Å². The zero-order chi connectivity index (χ0) is 21.8. The maximum Gasteiger partial charge on any atom is 0.226 e. The lowest BCUT2D eigenvalue weighted by Crippen LogP contribution is -2.18. The van der Waals surface area contributed by atoms with Crippen molar-refractivity contribution in [1.29, 1.82) is 0 Å². The van der Waals surface area contributed by atoms with Crippen molar-refractivity contribution in [3.8, 4) is 5.69 Å². The van der Waals surface area contributed by atoms with E-state index in [-0.39, 0.29) is 22.9 Å². The number of hydrogen-bond acceptors (Lipinski definition) is 5. The quantitative estimate of drug-likeness (QED) is 0.402. The molecule has 3 rings (SSSR count). The number of carbonyl (C=O) groups is 2. The van der Waals surface area contributed by atoms with E-state index in [9.17, 15) is 9.59 Å². The van der Waals surface area contributed by atoms with Crippen LogP contribution in [0.15, 0.2) is 53.9 Å². The lowest BCUT2D eigenvalue weighted by atomic mass is 10.1. The molecule has 1 amide bonds. The summed E-state index contributed by atoms with van der Waals surface area (Å²) in [5.74, 6) is -0.199. The van der Waals surface area contributed by atoms with Crippen molar-refractivity contribution in [2.75, 3.05) is 5.32 Å². The summed E-state index contributed by atoms with van der Waals surface area (Å²) < 4.78 is 1.81. The molecule has 6 nitrogen and oxygen atoms in total. The molecule has 0 radical (unpaired) electrons.